The van der Waals surface area contributed by atoms with Crippen LogP contribution in [0.5, 0.6) is 0 Å². The smallest absolute Gasteiger partial charge is 0.326 e. The van der Waals surface area contributed by atoms with Crippen LogP contribution in [0.15, 0.2) is 9.98 Å². The number of nitrogens with zero attached hydrogens (tertiary/aromatic N) is 2. The Morgan fingerprint density at radius 2 is 1.15 bits per heavy atom. The largest absolute Gasteiger partial charge is 0.480 e. The molecule has 0 bridgehead atoms. The summed E-state index contributed by atoms with van der Waals surface area (Å²) < 4.78 is 0. The van der Waals surface area contributed by atoms with Crippen LogP contribution in [0.25, 0.3) is 0 Å². The number of carboxylic acid groups (broad SMARTS) is 1. The summed E-state index contributed by atoms with van der Waals surface area (Å²) in [5, 5.41) is 21.9. The van der Waals surface area contributed by atoms with Crippen molar-refractivity contribution < 1.29 is 33.9 Å². The van der Waals surface area contributed by atoms with Crippen LogP contribution < -0.4 is 55.3 Å². The fraction of sp³-hybridized carbons (Fsp3) is 0.714. The summed E-state index contributed by atoms with van der Waals surface area (Å²) in [5.74, 6) is -5.16. The maximum Gasteiger partial charge on any atom is 0.326 e. The second-order valence-electron chi connectivity index (χ2n) is 11.5. The first-order valence-corrected chi connectivity index (χ1v) is 15.5. The first-order chi connectivity index (χ1) is 22.0. The molecular formula is C28H54N12O7. The molecule has 0 aliphatic rings. The Kier molecular flexibility index (Phi) is 20.5. The van der Waals surface area contributed by atoms with E-state index in [1.807, 2.05) is 13.8 Å². The van der Waals surface area contributed by atoms with Crippen molar-refractivity contribution in [3.05, 3.63) is 0 Å². The summed E-state index contributed by atoms with van der Waals surface area (Å²) in [6.07, 6.45) is 1.60. The van der Waals surface area contributed by atoms with Gasteiger partial charge in [-0.15, -0.1) is 0 Å². The Labute approximate surface area is 275 Å². The molecule has 0 aromatic rings. The summed E-state index contributed by atoms with van der Waals surface area (Å²) in [6.45, 7) is 6.55. The molecule has 47 heavy (non-hydrogen) atoms. The molecule has 0 aliphatic heterocycles. The number of aliphatic imine (C=N–C) groups is 2. The minimum absolute atomic E-state index is 0.0607. The fourth-order valence-electron chi connectivity index (χ4n) is 4.18. The molecule has 0 fully saturated rings. The number of nitrogens with one attached hydrogen (secondary N) is 5. The van der Waals surface area contributed by atoms with Gasteiger partial charge < -0.3 is 60.4 Å². The van der Waals surface area contributed by atoms with Crippen LogP contribution in [0.3, 0.4) is 0 Å². The number of carboxylic acids is 1. The third kappa shape index (κ3) is 19.4. The van der Waals surface area contributed by atoms with Gasteiger partial charge in [-0.3, -0.25) is 34.0 Å². The number of amides is 5. The lowest BCUT2D eigenvalue weighted by Gasteiger charge is -2.24. The quantitative estimate of drug-likeness (QED) is 0.0284. The minimum atomic E-state index is -1.23. The Balaban J connectivity index is 5.50. The van der Waals surface area contributed by atoms with Crippen LogP contribution in [0.2, 0.25) is 0 Å². The van der Waals surface area contributed by atoms with Crippen LogP contribution in [0, 0.1) is 11.8 Å². The predicted octanol–water partition coefficient (Wildman–Crippen LogP) is -3.72. The molecule has 16 N–H and O–H groups in total. The molecular weight excluding hydrogens is 616 g/mol. The van der Waals surface area contributed by atoms with Crippen molar-refractivity contribution in [1.82, 2.24) is 26.6 Å². The van der Waals surface area contributed by atoms with Gasteiger partial charge in [0.05, 0.1) is 19.1 Å². The molecule has 268 valence electrons. The molecule has 0 aromatic carbocycles. The first kappa shape index (κ1) is 42.3. The van der Waals surface area contributed by atoms with Crippen LogP contribution in [0.1, 0.15) is 66.2 Å². The zero-order chi connectivity index (χ0) is 36.1. The number of guanidine groups is 2. The van der Waals surface area contributed by atoms with Crippen molar-refractivity contribution in [2.75, 3.05) is 26.2 Å². The number of carbonyl (C=O) groups excluding carboxylic acids is 5. The predicted molar refractivity (Wildman–Crippen MR) is 176 cm³/mol. The summed E-state index contributed by atoms with van der Waals surface area (Å²) in [4.78, 5) is 83.1. The molecule has 0 spiro atoms. The second-order valence-corrected chi connectivity index (χ2v) is 11.5. The van der Waals surface area contributed by atoms with Crippen molar-refractivity contribution >= 4 is 47.4 Å². The van der Waals surface area contributed by atoms with Gasteiger partial charge in [-0.25, -0.2) is 4.79 Å². The summed E-state index contributed by atoms with van der Waals surface area (Å²) >= 11 is 0. The van der Waals surface area contributed by atoms with Crippen molar-refractivity contribution in [3.63, 3.8) is 0 Å². The maximum atomic E-state index is 13.0. The lowest BCUT2D eigenvalue weighted by atomic mass is 9.98. The van der Waals surface area contributed by atoms with Crippen LogP contribution in [0.4, 0.5) is 0 Å². The maximum absolute atomic E-state index is 13.0. The third-order valence-corrected chi connectivity index (χ3v) is 6.88. The van der Waals surface area contributed by atoms with Gasteiger partial charge in [-0.1, -0.05) is 34.1 Å². The van der Waals surface area contributed by atoms with Crippen molar-refractivity contribution in [3.8, 4) is 0 Å². The standard InChI is InChI=1S/C28H54N12O7/c1-5-16(4)22(26(46)47)40-25(45)19(9-7-11-35-28(32)33)39-21(42)14-37-24(44)18(8-6-10-34-27(30)31)38-20(41)13-36-23(43)17(29)12-15(2)3/h15-19,22H,5-14,29H2,1-4H3,(H,36,43)(H,37,44)(H,38,41)(H,39,42)(H,40,45)(H,46,47)(H4,30,31,34)(H4,32,33,35)/t16-,17-,18-,19-,22-/m0/s1. The van der Waals surface area contributed by atoms with E-state index >= 15 is 0 Å². The van der Waals surface area contributed by atoms with E-state index < -0.39 is 78.7 Å². The van der Waals surface area contributed by atoms with E-state index in [0.29, 0.717) is 12.8 Å². The topological polar surface area (TPSA) is 338 Å². The molecule has 0 radical (unpaired) electrons. The van der Waals surface area contributed by atoms with Gasteiger partial charge in [0.2, 0.25) is 29.5 Å². The van der Waals surface area contributed by atoms with Gasteiger partial charge in [0.1, 0.15) is 18.1 Å². The van der Waals surface area contributed by atoms with Crippen LogP contribution in [-0.2, 0) is 28.8 Å². The molecule has 0 aliphatic carbocycles. The molecule has 5 atom stereocenters. The Hall–Kier alpha value is -4.68. The normalized spacial score (nSPS) is 13.9. The molecule has 0 aromatic heterocycles. The zero-order valence-corrected chi connectivity index (χ0v) is 27.7. The molecule has 0 unspecified atom stereocenters. The fourth-order valence-corrected chi connectivity index (χ4v) is 4.18. The van der Waals surface area contributed by atoms with E-state index in [1.165, 1.54) is 0 Å². The summed E-state index contributed by atoms with van der Waals surface area (Å²) in [5.41, 5.74) is 27.2. The second kappa shape index (κ2) is 22.8. The molecule has 5 amide bonds. The highest BCUT2D eigenvalue weighted by Gasteiger charge is 2.30. The van der Waals surface area contributed by atoms with Crippen molar-refractivity contribution in [2.45, 2.75) is 90.4 Å². The number of nitrogens with two attached hydrogens (primary N) is 5. The van der Waals surface area contributed by atoms with Gasteiger partial charge in [-0.2, -0.15) is 0 Å². The summed E-state index contributed by atoms with van der Waals surface area (Å²) in [7, 11) is 0. The van der Waals surface area contributed by atoms with Crippen LogP contribution >= 0.6 is 0 Å². The number of rotatable bonds is 23. The van der Waals surface area contributed by atoms with E-state index in [4.69, 9.17) is 28.7 Å². The van der Waals surface area contributed by atoms with E-state index in [0.717, 1.165) is 0 Å². The molecule has 19 nitrogen and oxygen atoms in total. The van der Waals surface area contributed by atoms with Crippen molar-refractivity contribution in [1.29, 1.82) is 0 Å². The van der Waals surface area contributed by atoms with Gasteiger partial charge in [0.25, 0.3) is 0 Å². The van der Waals surface area contributed by atoms with E-state index in [9.17, 15) is 33.9 Å². The lowest BCUT2D eigenvalue weighted by Crippen LogP contribution is -2.55. The van der Waals surface area contributed by atoms with Crippen LogP contribution in [-0.4, -0.2) is 103 Å². The van der Waals surface area contributed by atoms with E-state index in [-0.39, 0.29) is 56.6 Å². The van der Waals surface area contributed by atoms with Gasteiger partial charge in [0, 0.05) is 13.1 Å². The highest BCUT2D eigenvalue weighted by Crippen LogP contribution is 2.09. The Morgan fingerprint density at radius 3 is 1.55 bits per heavy atom. The number of hydrogen-bond donors (Lipinski definition) is 11. The SMILES string of the molecule is CC[C@H](C)[C@H](NC(=O)[C@H](CCCN=C(N)N)NC(=O)CNC(=O)[C@H](CCCN=C(N)N)NC(=O)CNC(=O)[C@@H](N)CC(C)C)C(=O)O. The molecule has 0 rings (SSSR count). The van der Waals surface area contributed by atoms with E-state index in [1.54, 1.807) is 13.8 Å². The zero-order valence-electron chi connectivity index (χ0n) is 27.7. The minimum Gasteiger partial charge on any atom is -0.480 e. The first-order valence-electron chi connectivity index (χ1n) is 15.5. The number of hydrogen-bond acceptors (Lipinski definition) is 9. The highest BCUT2D eigenvalue weighted by atomic mass is 16.4. The Morgan fingerprint density at radius 1 is 0.702 bits per heavy atom. The molecule has 0 heterocycles. The van der Waals surface area contributed by atoms with Gasteiger partial charge in [0.15, 0.2) is 11.9 Å². The molecule has 0 saturated heterocycles. The number of aliphatic carboxylic acids is 1. The monoisotopic (exact) mass is 670 g/mol. The summed E-state index contributed by atoms with van der Waals surface area (Å²) in [6, 6.07) is -4.29. The lowest BCUT2D eigenvalue weighted by molar-refractivity contribution is -0.143. The third-order valence-electron chi connectivity index (χ3n) is 6.88. The molecule has 0 saturated carbocycles. The van der Waals surface area contributed by atoms with E-state index in [2.05, 4.69) is 36.6 Å². The van der Waals surface area contributed by atoms with Crippen molar-refractivity contribution in [2.24, 2.45) is 50.5 Å². The molecule has 19 heteroatoms. The van der Waals surface area contributed by atoms with Gasteiger partial charge >= 0.3 is 5.97 Å². The Bertz CT molecular complexity index is 1110. The average molecular weight is 671 g/mol. The van der Waals surface area contributed by atoms with Gasteiger partial charge in [-0.05, 0) is 43.9 Å². The number of carbonyl (C=O) groups is 6. The average Bonchev–Trinajstić information content (AvgIpc) is 2.98. The highest BCUT2D eigenvalue weighted by molar-refractivity contribution is 5.94.